The first-order chi connectivity index (χ1) is 13.5. The van der Waals surface area contributed by atoms with Gasteiger partial charge < -0.3 is 20.5 Å². The fourth-order valence-corrected chi connectivity index (χ4v) is 5.09. The number of aryl methyl sites for hydroxylation is 2. The van der Waals surface area contributed by atoms with E-state index in [9.17, 15) is 9.90 Å². The molecule has 5 heteroatoms. The largest absolute Gasteiger partial charge is 0.496 e. The Morgan fingerprint density at radius 3 is 2.46 bits per heavy atom. The van der Waals surface area contributed by atoms with Crippen LogP contribution in [0, 0.1) is 13.8 Å². The summed E-state index contributed by atoms with van der Waals surface area (Å²) >= 11 is 0. The Bertz CT molecular complexity index is 879. The molecule has 1 fully saturated rings. The third-order valence-electron chi connectivity index (χ3n) is 6.42. The minimum Gasteiger partial charge on any atom is -0.496 e. The second-order valence-corrected chi connectivity index (χ2v) is 8.03. The van der Waals surface area contributed by atoms with Crippen LogP contribution in [0.15, 0.2) is 36.4 Å². The normalized spacial score (nSPS) is 22.7. The second-order valence-electron chi connectivity index (χ2n) is 8.03. The van der Waals surface area contributed by atoms with E-state index in [-0.39, 0.29) is 11.3 Å². The molecule has 0 unspecified atom stereocenters. The lowest BCUT2D eigenvalue weighted by molar-refractivity contribution is 0.0418. The van der Waals surface area contributed by atoms with E-state index in [0.717, 1.165) is 48.4 Å². The molecule has 0 bridgehead atoms. The maximum Gasteiger partial charge on any atom is 0.251 e. The third kappa shape index (κ3) is 2.90. The number of aliphatic hydroxyl groups is 1. The quantitative estimate of drug-likeness (QED) is 0.766. The molecule has 2 aliphatic rings. The first-order valence-electron chi connectivity index (χ1n) is 9.92. The van der Waals surface area contributed by atoms with Crippen molar-refractivity contribution < 1.29 is 14.6 Å². The highest BCUT2D eigenvalue weighted by Crippen LogP contribution is 2.50. The summed E-state index contributed by atoms with van der Waals surface area (Å²) in [7, 11) is 1.64. The van der Waals surface area contributed by atoms with E-state index in [1.54, 1.807) is 7.11 Å². The second kappa shape index (κ2) is 7.22. The van der Waals surface area contributed by atoms with Gasteiger partial charge in [0, 0.05) is 11.0 Å². The molecule has 1 aliphatic carbocycles. The summed E-state index contributed by atoms with van der Waals surface area (Å²) in [6.07, 6.45) is 1.12. The average molecular weight is 380 g/mol. The fraction of sp³-hybridized carbons (Fsp3) is 0.435. The molecule has 28 heavy (non-hydrogen) atoms. The van der Waals surface area contributed by atoms with Crippen LogP contribution >= 0.6 is 0 Å². The predicted molar refractivity (Wildman–Crippen MR) is 109 cm³/mol. The highest BCUT2D eigenvalue weighted by molar-refractivity contribution is 5.95. The van der Waals surface area contributed by atoms with Gasteiger partial charge >= 0.3 is 0 Å². The number of ether oxygens (including phenoxy) is 1. The van der Waals surface area contributed by atoms with Crippen LogP contribution in [0.25, 0.3) is 0 Å². The van der Waals surface area contributed by atoms with E-state index < -0.39 is 12.1 Å². The number of amides is 1. The van der Waals surface area contributed by atoms with Gasteiger partial charge in [0.05, 0.1) is 19.3 Å². The highest BCUT2D eigenvalue weighted by atomic mass is 16.5. The Morgan fingerprint density at radius 2 is 1.82 bits per heavy atom. The van der Waals surface area contributed by atoms with Crippen molar-refractivity contribution in [2.45, 2.75) is 44.2 Å². The van der Waals surface area contributed by atoms with Gasteiger partial charge in [-0.05, 0) is 74.2 Å². The van der Waals surface area contributed by atoms with Crippen molar-refractivity contribution >= 4 is 5.91 Å². The Labute approximate surface area is 166 Å². The summed E-state index contributed by atoms with van der Waals surface area (Å²) < 4.78 is 5.41. The number of benzene rings is 2. The number of methoxy groups -OCH3 is 1. The molecule has 0 aromatic heterocycles. The summed E-state index contributed by atoms with van der Waals surface area (Å²) in [5, 5.41) is 17.8. The standard InChI is InChI=1S/C23H28N2O3/c1-14-12-16(13-15(2)20(14)28-3)22(27)25-19-17-6-4-5-7-18(17)23(21(19)26)8-10-24-11-9-23/h4-7,12-13,19,21,24,26H,8-11H2,1-3H3,(H,25,27)/t19-,21+/m1/s1. The van der Waals surface area contributed by atoms with Crippen molar-refractivity contribution in [1.82, 2.24) is 10.6 Å². The van der Waals surface area contributed by atoms with Crippen LogP contribution < -0.4 is 15.4 Å². The van der Waals surface area contributed by atoms with Crippen LogP contribution in [0.1, 0.15) is 51.5 Å². The lowest BCUT2D eigenvalue weighted by Gasteiger charge is -2.38. The molecule has 1 amide bonds. The van der Waals surface area contributed by atoms with Crippen molar-refractivity contribution in [2.24, 2.45) is 0 Å². The van der Waals surface area contributed by atoms with Crippen LogP contribution in [0.5, 0.6) is 5.75 Å². The summed E-state index contributed by atoms with van der Waals surface area (Å²) in [6.45, 7) is 5.63. The first-order valence-corrected chi connectivity index (χ1v) is 9.92. The van der Waals surface area contributed by atoms with Gasteiger partial charge in [-0.15, -0.1) is 0 Å². The van der Waals surface area contributed by atoms with Crippen LogP contribution in [-0.4, -0.2) is 37.3 Å². The molecule has 5 nitrogen and oxygen atoms in total. The van der Waals surface area contributed by atoms with Gasteiger partial charge in [-0.25, -0.2) is 0 Å². The molecule has 2 aromatic rings. The molecule has 0 radical (unpaired) electrons. The molecular formula is C23H28N2O3. The lowest BCUT2D eigenvalue weighted by atomic mass is 9.72. The molecule has 0 saturated carbocycles. The minimum absolute atomic E-state index is 0.168. The summed E-state index contributed by atoms with van der Waals surface area (Å²) in [6, 6.07) is 11.4. The van der Waals surface area contributed by atoms with Gasteiger partial charge in [0.25, 0.3) is 5.91 Å². The molecule has 3 N–H and O–H groups in total. The maximum absolute atomic E-state index is 13.1. The molecule has 2 aromatic carbocycles. The first kappa shape index (κ1) is 19.0. The molecule has 1 spiro atoms. The van der Waals surface area contributed by atoms with Crippen LogP contribution in [0.3, 0.4) is 0 Å². The van der Waals surface area contributed by atoms with Gasteiger partial charge in [0.1, 0.15) is 5.75 Å². The van der Waals surface area contributed by atoms with Crippen molar-refractivity contribution in [1.29, 1.82) is 0 Å². The minimum atomic E-state index is -0.628. The van der Waals surface area contributed by atoms with Crippen molar-refractivity contribution in [2.75, 3.05) is 20.2 Å². The number of piperidine rings is 1. The topological polar surface area (TPSA) is 70.6 Å². The Hall–Kier alpha value is -2.37. The molecule has 1 aliphatic heterocycles. The third-order valence-corrected chi connectivity index (χ3v) is 6.42. The van der Waals surface area contributed by atoms with E-state index in [2.05, 4.69) is 16.7 Å². The van der Waals surface area contributed by atoms with E-state index in [1.165, 1.54) is 5.56 Å². The van der Waals surface area contributed by atoms with Crippen molar-refractivity contribution in [3.63, 3.8) is 0 Å². The number of carbonyl (C=O) groups excluding carboxylic acids is 1. The van der Waals surface area contributed by atoms with E-state index in [1.807, 2.05) is 44.2 Å². The average Bonchev–Trinajstić information content (AvgIpc) is 2.91. The summed E-state index contributed by atoms with van der Waals surface area (Å²) in [5.41, 5.74) is 4.37. The highest BCUT2D eigenvalue weighted by Gasteiger charge is 2.52. The molecule has 4 rings (SSSR count). The van der Waals surface area contributed by atoms with Gasteiger partial charge in [0.15, 0.2) is 0 Å². The van der Waals surface area contributed by atoms with Crippen LogP contribution in [0.4, 0.5) is 0 Å². The molecule has 2 atom stereocenters. The SMILES string of the molecule is COc1c(C)cc(C(=O)N[C@@H]2c3ccccc3C3(CCNCC3)[C@H]2O)cc1C. The molecule has 1 saturated heterocycles. The van der Waals surface area contributed by atoms with E-state index >= 15 is 0 Å². The van der Waals surface area contributed by atoms with Crippen molar-refractivity contribution in [3.8, 4) is 5.75 Å². The number of rotatable bonds is 3. The van der Waals surface area contributed by atoms with Gasteiger partial charge in [-0.1, -0.05) is 24.3 Å². The molecule has 1 heterocycles. The van der Waals surface area contributed by atoms with Gasteiger partial charge in [-0.3, -0.25) is 4.79 Å². The number of hydrogen-bond donors (Lipinski definition) is 3. The Balaban J connectivity index is 1.66. The summed E-state index contributed by atoms with van der Waals surface area (Å²) in [4.78, 5) is 13.1. The summed E-state index contributed by atoms with van der Waals surface area (Å²) in [5.74, 6) is 0.634. The Morgan fingerprint density at radius 1 is 1.18 bits per heavy atom. The number of nitrogens with one attached hydrogen (secondary N) is 2. The number of hydrogen-bond acceptors (Lipinski definition) is 4. The van der Waals surface area contributed by atoms with Crippen LogP contribution in [0.2, 0.25) is 0 Å². The molecule has 148 valence electrons. The zero-order valence-corrected chi connectivity index (χ0v) is 16.7. The lowest BCUT2D eigenvalue weighted by Crippen LogP contribution is -2.48. The van der Waals surface area contributed by atoms with Crippen molar-refractivity contribution in [3.05, 3.63) is 64.2 Å². The number of fused-ring (bicyclic) bond motifs is 2. The zero-order valence-electron chi connectivity index (χ0n) is 16.7. The number of carbonyl (C=O) groups is 1. The zero-order chi connectivity index (χ0) is 19.9. The fourth-order valence-electron chi connectivity index (χ4n) is 5.09. The molecular weight excluding hydrogens is 352 g/mol. The van der Waals surface area contributed by atoms with Crippen LogP contribution in [-0.2, 0) is 5.41 Å². The van der Waals surface area contributed by atoms with Gasteiger partial charge in [-0.2, -0.15) is 0 Å². The Kier molecular flexibility index (Phi) is 4.89. The monoisotopic (exact) mass is 380 g/mol. The predicted octanol–water partition coefficient (Wildman–Crippen LogP) is 2.78. The van der Waals surface area contributed by atoms with Gasteiger partial charge in [0.2, 0.25) is 0 Å². The number of aliphatic hydroxyl groups excluding tert-OH is 1. The van der Waals surface area contributed by atoms with E-state index in [4.69, 9.17) is 4.74 Å². The van der Waals surface area contributed by atoms with E-state index in [0.29, 0.717) is 5.56 Å². The maximum atomic E-state index is 13.1. The smallest absolute Gasteiger partial charge is 0.251 e.